The molecule has 4 nitrogen and oxygen atoms in total. The summed E-state index contributed by atoms with van der Waals surface area (Å²) in [5.74, 6) is -0.611. The Morgan fingerprint density at radius 1 is 1.53 bits per heavy atom. The summed E-state index contributed by atoms with van der Waals surface area (Å²) in [6, 6.07) is 2.51. The predicted octanol–water partition coefficient (Wildman–Crippen LogP) is 2.10. The third-order valence-corrected chi connectivity index (χ3v) is 3.12. The maximum absolute atomic E-state index is 12.6. The number of esters is 1. The highest BCUT2D eigenvalue weighted by Crippen LogP contribution is 2.31. The topological polar surface area (TPSA) is 42.4 Å². The van der Waals surface area contributed by atoms with Crippen molar-refractivity contribution in [1.82, 2.24) is 4.98 Å². The van der Waals surface area contributed by atoms with Crippen molar-refractivity contribution >= 4 is 11.7 Å². The first kappa shape index (κ1) is 13.6. The highest BCUT2D eigenvalue weighted by molar-refractivity contribution is 5.74. The van der Waals surface area contributed by atoms with Gasteiger partial charge in [0.05, 0.1) is 13.0 Å². The monoisotopic (exact) mass is 274 g/mol. The fourth-order valence-electron chi connectivity index (χ4n) is 2.12. The second-order valence-electron chi connectivity index (χ2n) is 4.35. The molecule has 1 aliphatic heterocycles. The number of aromatic nitrogens is 1. The molecule has 0 spiro atoms. The molecule has 1 aromatic rings. The Balaban J connectivity index is 2.14. The lowest BCUT2D eigenvalue weighted by Crippen LogP contribution is -2.24. The number of rotatable bonds is 2. The van der Waals surface area contributed by atoms with Gasteiger partial charge < -0.3 is 9.64 Å². The number of carbonyl (C=O) groups is 1. The fourth-order valence-corrected chi connectivity index (χ4v) is 2.12. The molecule has 0 bridgehead atoms. The van der Waals surface area contributed by atoms with Gasteiger partial charge in [0, 0.05) is 25.0 Å². The maximum Gasteiger partial charge on any atom is 0.433 e. The quantitative estimate of drug-likeness (QED) is 0.775. The van der Waals surface area contributed by atoms with Crippen LogP contribution in [0.15, 0.2) is 18.3 Å². The van der Waals surface area contributed by atoms with Crippen molar-refractivity contribution in [3.63, 3.8) is 0 Å². The van der Waals surface area contributed by atoms with E-state index >= 15 is 0 Å². The van der Waals surface area contributed by atoms with Crippen molar-refractivity contribution in [2.45, 2.75) is 12.6 Å². The number of anilines is 1. The Bertz CT molecular complexity index is 476. The molecule has 1 atom stereocenters. The van der Waals surface area contributed by atoms with Gasteiger partial charge in [0.15, 0.2) is 0 Å². The van der Waals surface area contributed by atoms with Crippen LogP contribution in [0.2, 0.25) is 0 Å². The van der Waals surface area contributed by atoms with Crippen LogP contribution >= 0.6 is 0 Å². The van der Waals surface area contributed by atoms with Gasteiger partial charge in [-0.05, 0) is 18.6 Å². The zero-order valence-corrected chi connectivity index (χ0v) is 10.3. The Morgan fingerprint density at radius 2 is 2.26 bits per heavy atom. The SMILES string of the molecule is COC(=O)[C@@H]1CCN(c2ccnc(C(F)(F)F)c2)C1. The summed E-state index contributed by atoms with van der Waals surface area (Å²) in [5.41, 5.74) is -0.500. The highest BCUT2D eigenvalue weighted by atomic mass is 19.4. The van der Waals surface area contributed by atoms with E-state index in [9.17, 15) is 18.0 Å². The van der Waals surface area contributed by atoms with Gasteiger partial charge in [-0.25, -0.2) is 0 Å². The molecule has 1 aromatic heterocycles. The number of methoxy groups -OCH3 is 1. The minimum atomic E-state index is -4.46. The van der Waals surface area contributed by atoms with Crippen LogP contribution in [0.5, 0.6) is 0 Å². The fraction of sp³-hybridized carbons (Fsp3) is 0.500. The predicted molar refractivity (Wildman–Crippen MR) is 61.6 cm³/mol. The van der Waals surface area contributed by atoms with Crippen molar-refractivity contribution in [3.8, 4) is 0 Å². The molecule has 1 fully saturated rings. The summed E-state index contributed by atoms with van der Waals surface area (Å²) in [7, 11) is 1.30. The Labute approximate surface area is 108 Å². The minimum absolute atomic E-state index is 0.285. The number of carbonyl (C=O) groups excluding carboxylic acids is 1. The zero-order valence-electron chi connectivity index (χ0n) is 10.3. The lowest BCUT2D eigenvalue weighted by Gasteiger charge is -2.19. The highest BCUT2D eigenvalue weighted by Gasteiger charge is 2.34. The van der Waals surface area contributed by atoms with Gasteiger partial charge in [-0.1, -0.05) is 0 Å². The lowest BCUT2D eigenvalue weighted by atomic mass is 10.1. The molecular weight excluding hydrogens is 261 g/mol. The van der Waals surface area contributed by atoms with E-state index in [1.807, 2.05) is 0 Å². The molecule has 0 radical (unpaired) electrons. The molecule has 1 aliphatic rings. The first-order chi connectivity index (χ1) is 8.91. The molecule has 1 saturated heterocycles. The van der Waals surface area contributed by atoms with Gasteiger partial charge in [-0.3, -0.25) is 9.78 Å². The van der Waals surface area contributed by atoms with Crippen LogP contribution < -0.4 is 4.90 Å². The number of halogens is 3. The average molecular weight is 274 g/mol. The van der Waals surface area contributed by atoms with Gasteiger partial charge in [0.25, 0.3) is 0 Å². The number of nitrogens with zero attached hydrogens (tertiary/aromatic N) is 2. The van der Waals surface area contributed by atoms with Crippen molar-refractivity contribution in [1.29, 1.82) is 0 Å². The van der Waals surface area contributed by atoms with Crippen LogP contribution in [0.25, 0.3) is 0 Å². The molecular formula is C12H13F3N2O2. The zero-order chi connectivity index (χ0) is 14.0. The van der Waals surface area contributed by atoms with Crippen LogP contribution in [0.1, 0.15) is 12.1 Å². The second-order valence-corrected chi connectivity index (χ2v) is 4.35. The van der Waals surface area contributed by atoms with Crippen molar-refractivity contribution in [2.24, 2.45) is 5.92 Å². The van der Waals surface area contributed by atoms with Gasteiger partial charge in [-0.2, -0.15) is 13.2 Å². The first-order valence-corrected chi connectivity index (χ1v) is 5.78. The van der Waals surface area contributed by atoms with Crippen LogP contribution in [-0.4, -0.2) is 31.2 Å². The summed E-state index contributed by atoms with van der Waals surface area (Å²) in [4.78, 5) is 16.4. The number of hydrogen-bond acceptors (Lipinski definition) is 4. The third kappa shape index (κ3) is 2.97. The number of ether oxygens (including phenoxy) is 1. The van der Waals surface area contributed by atoms with Crippen LogP contribution in [0.4, 0.5) is 18.9 Å². The number of alkyl halides is 3. The van der Waals surface area contributed by atoms with Crippen LogP contribution in [-0.2, 0) is 15.7 Å². The molecule has 0 unspecified atom stereocenters. The first-order valence-electron chi connectivity index (χ1n) is 5.78. The summed E-state index contributed by atoms with van der Waals surface area (Å²) in [6.07, 6.45) is -2.75. The van der Waals surface area contributed by atoms with E-state index in [2.05, 4.69) is 9.72 Å². The average Bonchev–Trinajstić information content (AvgIpc) is 2.86. The molecule has 0 saturated carbocycles. The molecule has 19 heavy (non-hydrogen) atoms. The van der Waals surface area contributed by atoms with E-state index in [-0.39, 0.29) is 11.9 Å². The molecule has 7 heteroatoms. The molecule has 0 aliphatic carbocycles. The molecule has 104 valence electrons. The van der Waals surface area contributed by atoms with Crippen LogP contribution in [0.3, 0.4) is 0 Å². The van der Waals surface area contributed by atoms with E-state index in [1.165, 1.54) is 13.2 Å². The van der Waals surface area contributed by atoms with Crippen molar-refractivity contribution < 1.29 is 22.7 Å². The largest absolute Gasteiger partial charge is 0.469 e. The molecule has 0 amide bonds. The van der Waals surface area contributed by atoms with Gasteiger partial charge in [-0.15, -0.1) is 0 Å². The Morgan fingerprint density at radius 3 is 2.89 bits per heavy atom. The number of hydrogen-bond donors (Lipinski definition) is 0. The van der Waals surface area contributed by atoms with Crippen molar-refractivity contribution in [3.05, 3.63) is 24.0 Å². The molecule has 2 rings (SSSR count). The Hall–Kier alpha value is -1.79. The summed E-state index contributed by atoms with van der Waals surface area (Å²) in [6.45, 7) is 0.898. The van der Waals surface area contributed by atoms with E-state index in [1.54, 1.807) is 4.90 Å². The maximum atomic E-state index is 12.6. The number of pyridine rings is 1. The van der Waals surface area contributed by atoms with E-state index in [4.69, 9.17) is 0 Å². The van der Waals surface area contributed by atoms with Crippen molar-refractivity contribution in [2.75, 3.05) is 25.1 Å². The van der Waals surface area contributed by atoms with Gasteiger partial charge >= 0.3 is 12.1 Å². The minimum Gasteiger partial charge on any atom is -0.469 e. The molecule has 0 N–H and O–H groups in total. The molecule has 0 aromatic carbocycles. The smallest absolute Gasteiger partial charge is 0.433 e. The second kappa shape index (κ2) is 5.07. The standard InChI is InChI=1S/C12H13F3N2O2/c1-19-11(18)8-3-5-17(7-8)9-2-4-16-10(6-9)12(13,14)15/h2,4,6,8H,3,5,7H2,1H3/t8-/m1/s1. The van der Waals surface area contributed by atoms with Gasteiger partial charge in [0.1, 0.15) is 5.69 Å². The van der Waals surface area contributed by atoms with E-state index < -0.39 is 11.9 Å². The summed E-state index contributed by atoms with van der Waals surface area (Å²) >= 11 is 0. The lowest BCUT2D eigenvalue weighted by molar-refractivity contribution is -0.144. The van der Waals surface area contributed by atoms with Crippen LogP contribution in [0, 0.1) is 5.92 Å². The van der Waals surface area contributed by atoms with E-state index in [0.29, 0.717) is 25.2 Å². The van der Waals surface area contributed by atoms with Gasteiger partial charge in [0.2, 0.25) is 0 Å². The summed E-state index contributed by atoms with van der Waals surface area (Å²) in [5, 5.41) is 0. The molecule has 2 heterocycles. The normalized spacial score (nSPS) is 19.6. The Kier molecular flexibility index (Phi) is 3.64. The van der Waals surface area contributed by atoms with E-state index in [0.717, 1.165) is 12.3 Å². The summed E-state index contributed by atoms with van der Waals surface area (Å²) < 4.78 is 42.3. The third-order valence-electron chi connectivity index (χ3n) is 3.12.